The molecule has 0 aliphatic heterocycles. The molecule has 15 heavy (non-hydrogen) atoms. The monoisotopic (exact) mass is 267 g/mol. The summed E-state index contributed by atoms with van der Waals surface area (Å²) in [6.07, 6.45) is 2.38. The van der Waals surface area contributed by atoms with Crippen LogP contribution in [0.5, 0.6) is 0 Å². The van der Waals surface area contributed by atoms with Crippen LogP contribution in [0.2, 0.25) is 0 Å². The minimum absolute atomic E-state index is 0.197. The molecule has 0 heterocycles. The van der Waals surface area contributed by atoms with Crippen LogP contribution in [0.4, 0.5) is 0 Å². The summed E-state index contributed by atoms with van der Waals surface area (Å²) >= 11 is 3.67. The van der Waals surface area contributed by atoms with Crippen LogP contribution in [0.1, 0.15) is 31.4 Å². The van der Waals surface area contributed by atoms with Gasteiger partial charge in [-0.1, -0.05) is 41.9 Å². The first-order chi connectivity index (χ1) is 7.07. The maximum Gasteiger partial charge on any atom is 0.0215 e. The maximum atomic E-state index is 5.87. The van der Waals surface area contributed by atoms with Crippen LogP contribution < -0.4 is 5.73 Å². The van der Waals surface area contributed by atoms with Gasteiger partial charge in [0.25, 0.3) is 0 Å². The van der Waals surface area contributed by atoms with E-state index < -0.39 is 0 Å². The molecule has 0 radical (unpaired) electrons. The molecule has 2 rings (SSSR count). The Morgan fingerprint density at radius 2 is 2.20 bits per heavy atom. The van der Waals surface area contributed by atoms with E-state index in [1.165, 1.54) is 28.4 Å². The van der Waals surface area contributed by atoms with E-state index in [2.05, 4.69) is 48.0 Å². The predicted octanol–water partition coefficient (Wildman–Crippen LogP) is 3.25. The summed E-state index contributed by atoms with van der Waals surface area (Å²) in [5.74, 6) is 0.601. The van der Waals surface area contributed by atoms with Crippen LogP contribution in [0.3, 0.4) is 0 Å². The van der Waals surface area contributed by atoms with Gasteiger partial charge in [-0.25, -0.2) is 0 Å². The Labute approximate surface area is 100 Å². The fourth-order valence-electron chi connectivity index (χ4n) is 2.81. The molecule has 0 saturated heterocycles. The van der Waals surface area contributed by atoms with E-state index in [1.807, 2.05) is 0 Å². The lowest BCUT2D eigenvalue weighted by Crippen LogP contribution is -2.38. The molecule has 1 unspecified atom stereocenters. The van der Waals surface area contributed by atoms with Gasteiger partial charge in [0.2, 0.25) is 0 Å². The zero-order chi connectivity index (χ0) is 11.1. The Morgan fingerprint density at radius 1 is 1.47 bits per heavy atom. The largest absolute Gasteiger partial charge is 0.330 e. The van der Waals surface area contributed by atoms with E-state index in [0.29, 0.717) is 5.92 Å². The molecule has 2 heteroatoms. The third kappa shape index (κ3) is 1.74. The minimum Gasteiger partial charge on any atom is -0.330 e. The number of hydrogen-bond donors (Lipinski definition) is 1. The Bertz CT molecular complexity index is 371. The van der Waals surface area contributed by atoms with Crippen LogP contribution >= 0.6 is 15.9 Å². The Balaban J connectivity index is 2.55. The smallest absolute Gasteiger partial charge is 0.0215 e. The highest BCUT2D eigenvalue weighted by molar-refractivity contribution is 9.10. The Hall–Kier alpha value is -0.340. The van der Waals surface area contributed by atoms with Crippen LogP contribution in [0.25, 0.3) is 0 Å². The molecule has 1 aliphatic carbocycles. The van der Waals surface area contributed by atoms with Crippen molar-refractivity contribution in [2.24, 2.45) is 11.7 Å². The molecule has 0 fully saturated rings. The molecule has 0 aromatic heterocycles. The van der Waals surface area contributed by atoms with E-state index in [0.717, 1.165) is 6.54 Å². The molecule has 1 atom stereocenters. The summed E-state index contributed by atoms with van der Waals surface area (Å²) in [6.45, 7) is 5.41. The second-order valence-corrected chi connectivity index (χ2v) is 5.82. The lowest BCUT2D eigenvalue weighted by atomic mass is 9.65. The van der Waals surface area contributed by atoms with Crippen molar-refractivity contribution < 1.29 is 0 Å². The van der Waals surface area contributed by atoms with Gasteiger partial charge < -0.3 is 5.73 Å². The summed E-state index contributed by atoms with van der Waals surface area (Å²) in [7, 11) is 0. The van der Waals surface area contributed by atoms with Crippen molar-refractivity contribution in [3.05, 3.63) is 33.8 Å². The van der Waals surface area contributed by atoms with E-state index in [9.17, 15) is 0 Å². The van der Waals surface area contributed by atoms with Crippen molar-refractivity contribution in [2.45, 2.75) is 32.1 Å². The normalized spacial score (nSPS) is 23.6. The maximum absolute atomic E-state index is 5.87. The van der Waals surface area contributed by atoms with Gasteiger partial charge in [-0.2, -0.15) is 0 Å². The van der Waals surface area contributed by atoms with Gasteiger partial charge in [-0.15, -0.1) is 0 Å². The molecule has 1 aromatic carbocycles. The summed E-state index contributed by atoms with van der Waals surface area (Å²) in [5, 5.41) is 0. The molecular formula is C13H18BrN. The van der Waals surface area contributed by atoms with Crippen LogP contribution in [0, 0.1) is 5.92 Å². The number of benzene rings is 1. The van der Waals surface area contributed by atoms with Crippen LogP contribution in [0.15, 0.2) is 22.7 Å². The lowest BCUT2D eigenvalue weighted by Gasteiger charge is -2.40. The molecule has 1 nitrogen and oxygen atoms in total. The lowest BCUT2D eigenvalue weighted by molar-refractivity contribution is 0.284. The van der Waals surface area contributed by atoms with E-state index in [-0.39, 0.29) is 5.41 Å². The number of nitrogens with two attached hydrogens (primary N) is 1. The molecule has 0 spiro atoms. The van der Waals surface area contributed by atoms with Crippen molar-refractivity contribution >= 4 is 15.9 Å². The van der Waals surface area contributed by atoms with Crippen molar-refractivity contribution in [2.75, 3.05) is 6.54 Å². The molecule has 82 valence electrons. The summed E-state index contributed by atoms with van der Waals surface area (Å²) in [6, 6.07) is 6.51. The van der Waals surface area contributed by atoms with Gasteiger partial charge >= 0.3 is 0 Å². The van der Waals surface area contributed by atoms with Gasteiger partial charge in [-0.05, 0) is 47.9 Å². The average molecular weight is 268 g/mol. The first kappa shape index (κ1) is 11.2. The fourth-order valence-corrected chi connectivity index (χ4v) is 3.72. The van der Waals surface area contributed by atoms with Crippen molar-refractivity contribution in [1.82, 2.24) is 0 Å². The van der Waals surface area contributed by atoms with Gasteiger partial charge in [0.15, 0.2) is 0 Å². The van der Waals surface area contributed by atoms with Gasteiger partial charge in [0, 0.05) is 4.47 Å². The van der Waals surface area contributed by atoms with Gasteiger partial charge in [0.1, 0.15) is 0 Å². The second kappa shape index (κ2) is 3.91. The van der Waals surface area contributed by atoms with E-state index in [1.54, 1.807) is 0 Å². The topological polar surface area (TPSA) is 26.0 Å². The zero-order valence-electron chi connectivity index (χ0n) is 9.39. The number of aryl methyl sites for hydroxylation is 1. The van der Waals surface area contributed by atoms with Crippen LogP contribution in [-0.4, -0.2) is 6.54 Å². The first-order valence-electron chi connectivity index (χ1n) is 5.55. The molecular weight excluding hydrogens is 250 g/mol. The number of halogens is 1. The SMILES string of the molecule is CC1(C)c2c(Br)cccc2CCC1CN. The number of hydrogen-bond acceptors (Lipinski definition) is 1. The van der Waals surface area contributed by atoms with E-state index in [4.69, 9.17) is 5.73 Å². The van der Waals surface area contributed by atoms with Gasteiger partial charge in [-0.3, -0.25) is 0 Å². The number of rotatable bonds is 1. The van der Waals surface area contributed by atoms with Crippen molar-refractivity contribution in [1.29, 1.82) is 0 Å². The molecule has 1 aromatic rings. The molecule has 0 saturated carbocycles. The van der Waals surface area contributed by atoms with Crippen LogP contribution in [-0.2, 0) is 11.8 Å². The van der Waals surface area contributed by atoms with Crippen molar-refractivity contribution in [3.8, 4) is 0 Å². The highest BCUT2D eigenvalue weighted by atomic mass is 79.9. The molecule has 1 aliphatic rings. The first-order valence-corrected chi connectivity index (χ1v) is 6.34. The second-order valence-electron chi connectivity index (χ2n) is 4.97. The summed E-state index contributed by atoms with van der Waals surface area (Å²) < 4.78 is 1.24. The highest BCUT2D eigenvalue weighted by Crippen LogP contribution is 2.43. The average Bonchev–Trinajstić information content (AvgIpc) is 2.17. The Kier molecular flexibility index (Phi) is 2.91. The summed E-state index contributed by atoms with van der Waals surface area (Å²) in [4.78, 5) is 0. The number of fused-ring (bicyclic) bond motifs is 1. The third-order valence-corrected chi connectivity index (χ3v) is 4.47. The molecule has 0 amide bonds. The van der Waals surface area contributed by atoms with E-state index >= 15 is 0 Å². The predicted molar refractivity (Wildman–Crippen MR) is 68.0 cm³/mol. The third-order valence-electron chi connectivity index (χ3n) is 3.81. The highest BCUT2D eigenvalue weighted by Gasteiger charge is 2.36. The van der Waals surface area contributed by atoms with Gasteiger partial charge in [0.05, 0.1) is 0 Å². The minimum atomic E-state index is 0.197. The zero-order valence-corrected chi connectivity index (χ0v) is 11.0. The molecule has 2 N–H and O–H groups in total. The Morgan fingerprint density at radius 3 is 2.87 bits per heavy atom. The standard InChI is InChI=1S/C13H18BrN/c1-13(2)10(8-15)7-6-9-4-3-5-11(14)12(9)13/h3-5,10H,6-8,15H2,1-2H3. The summed E-state index contributed by atoms with van der Waals surface area (Å²) in [5.41, 5.74) is 9.02. The quantitative estimate of drug-likeness (QED) is 0.831. The molecule has 0 bridgehead atoms. The van der Waals surface area contributed by atoms with Crippen molar-refractivity contribution in [3.63, 3.8) is 0 Å². The fraction of sp³-hybridized carbons (Fsp3) is 0.538.